The van der Waals surface area contributed by atoms with Crippen LogP contribution in [0.4, 0.5) is 4.79 Å². The largest absolute Gasteiger partial charge is 0.493 e. The molecule has 0 radical (unpaired) electrons. The summed E-state index contributed by atoms with van der Waals surface area (Å²) in [5, 5.41) is 11.3. The first kappa shape index (κ1) is 18.6. The van der Waals surface area contributed by atoms with E-state index in [4.69, 9.17) is 14.6 Å². The van der Waals surface area contributed by atoms with Gasteiger partial charge in [-0.05, 0) is 31.0 Å². The summed E-state index contributed by atoms with van der Waals surface area (Å²) in [4.78, 5) is 24.2. The SMILES string of the molecule is CCN(Cc1ccc(OC)c(OC)c1)C(=O)NCCCC(=O)O. The third-order valence-corrected chi connectivity index (χ3v) is 3.33. The molecule has 2 N–H and O–H groups in total. The second-order valence-corrected chi connectivity index (χ2v) is 4.93. The van der Waals surface area contributed by atoms with Gasteiger partial charge in [-0.1, -0.05) is 6.07 Å². The molecule has 0 fully saturated rings. The monoisotopic (exact) mass is 324 g/mol. The van der Waals surface area contributed by atoms with Crippen LogP contribution in [0.25, 0.3) is 0 Å². The van der Waals surface area contributed by atoms with Gasteiger partial charge in [0, 0.05) is 26.1 Å². The van der Waals surface area contributed by atoms with Crippen LogP contribution in [0.5, 0.6) is 11.5 Å². The highest BCUT2D eigenvalue weighted by Crippen LogP contribution is 2.28. The van der Waals surface area contributed by atoms with Crippen LogP contribution in [0.2, 0.25) is 0 Å². The maximum absolute atomic E-state index is 12.1. The smallest absolute Gasteiger partial charge is 0.317 e. The summed E-state index contributed by atoms with van der Waals surface area (Å²) in [5.41, 5.74) is 0.921. The predicted molar refractivity (Wildman–Crippen MR) is 85.9 cm³/mol. The lowest BCUT2D eigenvalue weighted by molar-refractivity contribution is -0.137. The van der Waals surface area contributed by atoms with Gasteiger partial charge in [0.15, 0.2) is 11.5 Å². The summed E-state index contributed by atoms with van der Waals surface area (Å²) < 4.78 is 10.4. The molecule has 0 aromatic heterocycles. The van der Waals surface area contributed by atoms with E-state index in [9.17, 15) is 9.59 Å². The molecule has 7 heteroatoms. The molecule has 1 aromatic carbocycles. The van der Waals surface area contributed by atoms with Crippen molar-refractivity contribution in [2.24, 2.45) is 0 Å². The number of amides is 2. The lowest BCUT2D eigenvalue weighted by atomic mass is 10.2. The van der Waals surface area contributed by atoms with E-state index in [-0.39, 0.29) is 12.5 Å². The van der Waals surface area contributed by atoms with Gasteiger partial charge in [-0.15, -0.1) is 0 Å². The van der Waals surface area contributed by atoms with Crippen molar-refractivity contribution in [3.8, 4) is 11.5 Å². The Kier molecular flexibility index (Phi) is 7.73. The molecule has 1 aromatic rings. The number of benzene rings is 1. The minimum Gasteiger partial charge on any atom is -0.493 e. The number of carboxylic acids is 1. The zero-order valence-corrected chi connectivity index (χ0v) is 13.8. The maximum atomic E-state index is 12.1. The van der Waals surface area contributed by atoms with Gasteiger partial charge in [-0.2, -0.15) is 0 Å². The minimum atomic E-state index is -0.864. The van der Waals surface area contributed by atoms with Gasteiger partial charge in [0.2, 0.25) is 0 Å². The van der Waals surface area contributed by atoms with Crippen LogP contribution in [0, 0.1) is 0 Å². The molecule has 0 saturated carbocycles. The molecule has 0 saturated heterocycles. The molecular weight excluding hydrogens is 300 g/mol. The number of hydrogen-bond donors (Lipinski definition) is 2. The summed E-state index contributed by atoms with van der Waals surface area (Å²) in [6.07, 6.45) is 0.455. The van der Waals surface area contributed by atoms with E-state index in [1.165, 1.54) is 0 Å². The highest BCUT2D eigenvalue weighted by Gasteiger charge is 2.13. The van der Waals surface area contributed by atoms with Crippen molar-refractivity contribution in [3.05, 3.63) is 23.8 Å². The zero-order chi connectivity index (χ0) is 17.2. The molecule has 0 bridgehead atoms. The molecule has 0 aliphatic carbocycles. The molecule has 7 nitrogen and oxygen atoms in total. The molecule has 0 heterocycles. The number of nitrogens with zero attached hydrogens (tertiary/aromatic N) is 1. The van der Waals surface area contributed by atoms with Crippen LogP contribution in [-0.4, -0.2) is 49.3 Å². The van der Waals surface area contributed by atoms with Crippen molar-refractivity contribution >= 4 is 12.0 Å². The number of carbonyl (C=O) groups is 2. The van der Waals surface area contributed by atoms with E-state index in [1.54, 1.807) is 25.2 Å². The van der Waals surface area contributed by atoms with Gasteiger partial charge in [0.1, 0.15) is 0 Å². The van der Waals surface area contributed by atoms with Crippen molar-refractivity contribution in [2.75, 3.05) is 27.3 Å². The Bertz CT molecular complexity index is 533. The Morgan fingerprint density at radius 2 is 1.91 bits per heavy atom. The quantitative estimate of drug-likeness (QED) is 0.679. The molecule has 23 heavy (non-hydrogen) atoms. The summed E-state index contributed by atoms with van der Waals surface area (Å²) in [7, 11) is 3.13. The summed E-state index contributed by atoms with van der Waals surface area (Å²) in [6, 6.07) is 5.29. The molecule has 1 rings (SSSR count). The van der Waals surface area contributed by atoms with Crippen LogP contribution in [-0.2, 0) is 11.3 Å². The van der Waals surface area contributed by atoms with Gasteiger partial charge >= 0.3 is 12.0 Å². The number of methoxy groups -OCH3 is 2. The van der Waals surface area contributed by atoms with Crippen LogP contribution >= 0.6 is 0 Å². The average Bonchev–Trinajstić information content (AvgIpc) is 2.55. The van der Waals surface area contributed by atoms with E-state index >= 15 is 0 Å². The molecule has 128 valence electrons. The molecule has 0 unspecified atom stereocenters. The number of rotatable bonds is 9. The third-order valence-electron chi connectivity index (χ3n) is 3.33. The molecule has 0 atom stereocenters. The maximum Gasteiger partial charge on any atom is 0.317 e. The number of nitrogens with one attached hydrogen (secondary N) is 1. The Morgan fingerprint density at radius 1 is 1.22 bits per heavy atom. The number of carbonyl (C=O) groups excluding carboxylic acids is 1. The first-order chi connectivity index (χ1) is 11.0. The second kappa shape index (κ2) is 9.55. The van der Waals surface area contributed by atoms with Crippen molar-refractivity contribution in [1.29, 1.82) is 0 Å². The molecule has 2 amide bonds. The Hall–Kier alpha value is -2.44. The van der Waals surface area contributed by atoms with Crippen LogP contribution in [0.1, 0.15) is 25.3 Å². The first-order valence-electron chi connectivity index (χ1n) is 7.47. The normalized spacial score (nSPS) is 10.0. The fourth-order valence-electron chi connectivity index (χ4n) is 2.07. The summed E-state index contributed by atoms with van der Waals surface area (Å²) in [6.45, 7) is 3.20. The number of ether oxygens (including phenoxy) is 2. The minimum absolute atomic E-state index is 0.0437. The lowest BCUT2D eigenvalue weighted by Crippen LogP contribution is -2.39. The van der Waals surface area contributed by atoms with E-state index in [0.29, 0.717) is 37.6 Å². The van der Waals surface area contributed by atoms with Gasteiger partial charge in [0.25, 0.3) is 0 Å². The van der Waals surface area contributed by atoms with Crippen molar-refractivity contribution in [2.45, 2.75) is 26.3 Å². The summed E-state index contributed by atoms with van der Waals surface area (Å²) >= 11 is 0. The Labute approximate surface area is 136 Å². The molecular formula is C16H24N2O5. The van der Waals surface area contributed by atoms with Gasteiger partial charge in [0.05, 0.1) is 14.2 Å². The van der Waals surface area contributed by atoms with Crippen molar-refractivity contribution in [1.82, 2.24) is 10.2 Å². The van der Waals surface area contributed by atoms with Crippen LogP contribution in [0.15, 0.2) is 18.2 Å². The van der Waals surface area contributed by atoms with E-state index in [1.807, 2.05) is 19.1 Å². The number of carboxylic acid groups (broad SMARTS) is 1. The second-order valence-electron chi connectivity index (χ2n) is 4.93. The van der Waals surface area contributed by atoms with Gasteiger partial charge in [-0.3, -0.25) is 4.79 Å². The number of aliphatic carboxylic acids is 1. The highest BCUT2D eigenvalue weighted by molar-refractivity contribution is 5.74. The predicted octanol–water partition coefficient (Wildman–Crippen LogP) is 2.10. The molecule has 0 aliphatic rings. The summed E-state index contributed by atoms with van der Waals surface area (Å²) in [5.74, 6) is 0.386. The van der Waals surface area contributed by atoms with Crippen molar-refractivity contribution in [3.63, 3.8) is 0 Å². The third kappa shape index (κ3) is 6.06. The van der Waals surface area contributed by atoms with Crippen molar-refractivity contribution < 1.29 is 24.2 Å². The van der Waals surface area contributed by atoms with E-state index < -0.39 is 5.97 Å². The van der Waals surface area contributed by atoms with E-state index in [0.717, 1.165) is 5.56 Å². The Balaban J connectivity index is 2.61. The fourth-order valence-corrected chi connectivity index (χ4v) is 2.07. The van der Waals surface area contributed by atoms with Gasteiger partial charge in [-0.25, -0.2) is 4.79 Å². The fraction of sp³-hybridized carbons (Fsp3) is 0.500. The number of urea groups is 1. The lowest BCUT2D eigenvalue weighted by Gasteiger charge is -2.22. The van der Waals surface area contributed by atoms with Gasteiger partial charge < -0.3 is 24.8 Å². The van der Waals surface area contributed by atoms with Crippen LogP contribution < -0.4 is 14.8 Å². The zero-order valence-electron chi connectivity index (χ0n) is 13.8. The first-order valence-corrected chi connectivity index (χ1v) is 7.47. The highest BCUT2D eigenvalue weighted by atomic mass is 16.5. The number of hydrogen-bond acceptors (Lipinski definition) is 4. The average molecular weight is 324 g/mol. The topological polar surface area (TPSA) is 88.1 Å². The Morgan fingerprint density at radius 3 is 2.48 bits per heavy atom. The molecule has 0 spiro atoms. The standard InChI is InChI=1S/C16H24N2O5/c1-4-18(16(21)17-9-5-6-15(19)20)11-12-7-8-13(22-2)14(10-12)23-3/h7-8,10H,4-6,9,11H2,1-3H3,(H,17,21)(H,19,20). The molecule has 0 aliphatic heterocycles. The van der Waals surface area contributed by atoms with Crippen LogP contribution in [0.3, 0.4) is 0 Å². The van der Waals surface area contributed by atoms with E-state index in [2.05, 4.69) is 5.32 Å².